The van der Waals surface area contributed by atoms with Gasteiger partial charge in [-0.3, -0.25) is 10.1 Å². The highest BCUT2D eigenvalue weighted by Crippen LogP contribution is 2.34. The van der Waals surface area contributed by atoms with Crippen molar-refractivity contribution < 1.29 is 9.66 Å². The smallest absolute Gasteiger partial charge is 0.312 e. The molecule has 0 atom stereocenters. The molecule has 1 aromatic rings. The Bertz CT molecular complexity index is 550. The van der Waals surface area contributed by atoms with Crippen LogP contribution in [0.4, 0.5) is 11.4 Å². The van der Waals surface area contributed by atoms with Crippen molar-refractivity contribution in [2.75, 3.05) is 25.5 Å². The lowest BCUT2D eigenvalue weighted by Crippen LogP contribution is -2.36. The SMILES string of the molecule is CN1CCC(Nc2ccc(OC3CCCC3)c([N+](=O)[O-])c2)CC1. The first-order valence-corrected chi connectivity index (χ1v) is 8.52. The van der Waals surface area contributed by atoms with E-state index in [0.29, 0.717) is 11.8 Å². The Labute approximate surface area is 137 Å². The Morgan fingerprint density at radius 3 is 2.57 bits per heavy atom. The molecule has 1 heterocycles. The number of benzene rings is 1. The molecule has 1 aromatic carbocycles. The normalized spacial score (nSPS) is 20.6. The Hall–Kier alpha value is -1.82. The molecule has 1 aliphatic carbocycles. The zero-order valence-electron chi connectivity index (χ0n) is 13.7. The number of anilines is 1. The molecule has 2 aliphatic rings. The predicted octanol–water partition coefficient (Wildman–Crippen LogP) is 3.42. The quantitative estimate of drug-likeness (QED) is 0.665. The number of likely N-dealkylation sites (tertiary alicyclic amines) is 1. The van der Waals surface area contributed by atoms with E-state index in [9.17, 15) is 10.1 Å². The number of rotatable bonds is 5. The lowest BCUT2D eigenvalue weighted by molar-refractivity contribution is -0.386. The van der Waals surface area contributed by atoms with E-state index in [1.165, 1.54) is 0 Å². The zero-order valence-corrected chi connectivity index (χ0v) is 13.7. The highest BCUT2D eigenvalue weighted by molar-refractivity contribution is 5.59. The predicted molar refractivity (Wildman–Crippen MR) is 90.1 cm³/mol. The summed E-state index contributed by atoms with van der Waals surface area (Å²) in [5.41, 5.74) is 0.875. The molecule has 1 saturated carbocycles. The molecule has 0 unspecified atom stereocenters. The van der Waals surface area contributed by atoms with Crippen LogP contribution < -0.4 is 10.1 Å². The van der Waals surface area contributed by atoms with Crippen LogP contribution in [-0.2, 0) is 0 Å². The van der Waals surface area contributed by atoms with E-state index >= 15 is 0 Å². The van der Waals surface area contributed by atoms with E-state index in [0.717, 1.165) is 57.3 Å². The van der Waals surface area contributed by atoms with E-state index < -0.39 is 0 Å². The summed E-state index contributed by atoms with van der Waals surface area (Å²) in [4.78, 5) is 13.3. The van der Waals surface area contributed by atoms with Gasteiger partial charge in [0.05, 0.1) is 11.0 Å². The van der Waals surface area contributed by atoms with Gasteiger partial charge in [0.2, 0.25) is 0 Å². The first kappa shape index (κ1) is 16.1. The monoisotopic (exact) mass is 319 g/mol. The minimum Gasteiger partial charge on any atom is -0.484 e. The first-order chi connectivity index (χ1) is 11.1. The van der Waals surface area contributed by atoms with Gasteiger partial charge < -0.3 is 15.0 Å². The molecular formula is C17H25N3O3. The van der Waals surface area contributed by atoms with Crippen molar-refractivity contribution in [2.24, 2.45) is 0 Å². The number of nitro benzene ring substituents is 1. The lowest BCUT2D eigenvalue weighted by Gasteiger charge is -2.30. The summed E-state index contributed by atoms with van der Waals surface area (Å²) in [5, 5.41) is 14.8. The van der Waals surface area contributed by atoms with E-state index in [-0.39, 0.29) is 16.7 Å². The fourth-order valence-corrected chi connectivity index (χ4v) is 3.42. The van der Waals surface area contributed by atoms with Crippen LogP contribution >= 0.6 is 0 Å². The van der Waals surface area contributed by atoms with Crippen molar-refractivity contribution in [1.29, 1.82) is 0 Å². The second-order valence-corrected chi connectivity index (χ2v) is 6.69. The van der Waals surface area contributed by atoms with Crippen LogP contribution in [-0.4, -0.2) is 42.1 Å². The van der Waals surface area contributed by atoms with Gasteiger partial charge >= 0.3 is 5.69 Å². The van der Waals surface area contributed by atoms with Crippen molar-refractivity contribution in [3.63, 3.8) is 0 Å². The van der Waals surface area contributed by atoms with Gasteiger partial charge in [-0.15, -0.1) is 0 Å². The maximum atomic E-state index is 11.4. The minimum absolute atomic E-state index is 0.0647. The molecule has 1 N–H and O–H groups in total. The van der Waals surface area contributed by atoms with Gasteiger partial charge in [0.25, 0.3) is 0 Å². The van der Waals surface area contributed by atoms with Crippen LogP contribution in [0.3, 0.4) is 0 Å². The van der Waals surface area contributed by atoms with Gasteiger partial charge in [0.1, 0.15) is 0 Å². The molecular weight excluding hydrogens is 294 g/mol. The summed E-state index contributed by atoms with van der Waals surface area (Å²) in [7, 11) is 2.12. The third kappa shape index (κ3) is 4.13. The van der Waals surface area contributed by atoms with E-state index in [4.69, 9.17) is 4.74 Å². The fourth-order valence-electron chi connectivity index (χ4n) is 3.42. The highest BCUT2D eigenvalue weighted by atomic mass is 16.6. The molecule has 1 aliphatic heterocycles. The number of nitrogens with one attached hydrogen (secondary N) is 1. The minimum atomic E-state index is -0.343. The Balaban J connectivity index is 1.69. The highest BCUT2D eigenvalue weighted by Gasteiger charge is 2.23. The van der Waals surface area contributed by atoms with Crippen LogP contribution in [0, 0.1) is 10.1 Å². The van der Waals surface area contributed by atoms with Gasteiger partial charge in [0, 0.05) is 17.8 Å². The number of piperidine rings is 1. The van der Waals surface area contributed by atoms with Crippen molar-refractivity contribution >= 4 is 11.4 Å². The Morgan fingerprint density at radius 2 is 1.91 bits per heavy atom. The Kier molecular flexibility index (Phi) is 5.00. The largest absolute Gasteiger partial charge is 0.484 e. The molecule has 23 heavy (non-hydrogen) atoms. The molecule has 1 saturated heterocycles. The molecule has 0 amide bonds. The van der Waals surface area contributed by atoms with Gasteiger partial charge in [-0.25, -0.2) is 0 Å². The maximum absolute atomic E-state index is 11.4. The Morgan fingerprint density at radius 1 is 1.22 bits per heavy atom. The fraction of sp³-hybridized carbons (Fsp3) is 0.647. The average Bonchev–Trinajstić information content (AvgIpc) is 3.04. The second kappa shape index (κ2) is 7.17. The molecule has 3 rings (SSSR count). The molecule has 2 fully saturated rings. The lowest BCUT2D eigenvalue weighted by atomic mass is 10.1. The number of nitro groups is 1. The molecule has 0 spiro atoms. The number of hydrogen-bond donors (Lipinski definition) is 1. The molecule has 0 bridgehead atoms. The van der Waals surface area contributed by atoms with Crippen LogP contribution in [0.1, 0.15) is 38.5 Å². The summed E-state index contributed by atoms with van der Waals surface area (Å²) in [6.45, 7) is 2.12. The van der Waals surface area contributed by atoms with Gasteiger partial charge in [-0.05, 0) is 70.8 Å². The van der Waals surface area contributed by atoms with Crippen LogP contribution in [0.5, 0.6) is 5.75 Å². The van der Waals surface area contributed by atoms with Gasteiger partial charge in [-0.2, -0.15) is 0 Å². The molecule has 6 nitrogen and oxygen atoms in total. The van der Waals surface area contributed by atoms with E-state index in [1.54, 1.807) is 12.1 Å². The third-order valence-corrected chi connectivity index (χ3v) is 4.84. The number of nitrogens with zero attached hydrogens (tertiary/aromatic N) is 2. The van der Waals surface area contributed by atoms with E-state index in [1.807, 2.05) is 6.07 Å². The standard InChI is InChI=1S/C17H25N3O3/c1-19-10-8-13(9-11-19)18-14-6-7-17(16(12-14)20(21)22)23-15-4-2-3-5-15/h6-7,12-13,15,18H,2-5,8-11H2,1H3. The summed E-state index contributed by atoms with van der Waals surface area (Å²) < 4.78 is 5.85. The van der Waals surface area contributed by atoms with Gasteiger partial charge in [-0.1, -0.05) is 0 Å². The maximum Gasteiger partial charge on any atom is 0.312 e. The molecule has 126 valence electrons. The second-order valence-electron chi connectivity index (χ2n) is 6.69. The number of ether oxygens (including phenoxy) is 1. The van der Waals surface area contributed by atoms with Gasteiger partial charge in [0.15, 0.2) is 5.75 Å². The van der Waals surface area contributed by atoms with E-state index in [2.05, 4.69) is 17.3 Å². The van der Waals surface area contributed by atoms with Crippen LogP contribution in [0.2, 0.25) is 0 Å². The van der Waals surface area contributed by atoms with Crippen molar-refractivity contribution in [1.82, 2.24) is 4.90 Å². The van der Waals surface area contributed by atoms with Crippen LogP contribution in [0.15, 0.2) is 18.2 Å². The van der Waals surface area contributed by atoms with Crippen LogP contribution in [0.25, 0.3) is 0 Å². The average molecular weight is 319 g/mol. The van der Waals surface area contributed by atoms with Crippen molar-refractivity contribution in [2.45, 2.75) is 50.7 Å². The zero-order chi connectivity index (χ0) is 16.2. The molecule has 0 radical (unpaired) electrons. The first-order valence-electron chi connectivity index (χ1n) is 8.52. The van der Waals surface area contributed by atoms with Crippen molar-refractivity contribution in [3.05, 3.63) is 28.3 Å². The summed E-state index contributed by atoms with van der Waals surface area (Å²) in [6.07, 6.45) is 6.53. The molecule has 6 heteroatoms. The topological polar surface area (TPSA) is 67.6 Å². The third-order valence-electron chi connectivity index (χ3n) is 4.84. The summed E-state index contributed by atoms with van der Waals surface area (Å²) in [6, 6.07) is 5.64. The summed E-state index contributed by atoms with van der Waals surface area (Å²) in [5.74, 6) is 0.399. The molecule has 0 aromatic heterocycles. The number of hydrogen-bond acceptors (Lipinski definition) is 5. The summed E-state index contributed by atoms with van der Waals surface area (Å²) >= 11 is 0. The van der Waals surface area contributed by atoms with Crippen molar-refractivity contribution in [3.8, 4) is 5.75 Å².